The molecule has 0 saturated heterocycles. The van der Waals surface area contributed by atoms with Gasteiger partial charge in [0.1, 0.15) is 5.39 Å². The van der Waals surface area contributed by atoms with Gasteiger partial charge in [-0.25, -0.2) is 4.98 Å². The van der Waals surface area contributed by atoms with E-state index in [0.717, 1.165) is 0 Å². The van der Waals surface area contributed by atoms with Crippen LogP contribution in [0.3, 0.4) is 0 Å². The molecular weight excluding hydrogens is 182 g/mol. The number of rotatable bonds is 2. The van der Waals surface area contributed by atoms with Crippen LogP contribution in [0.15, 0.2) is 17.2 Å². The fraction of sp³-hybridized carbons (Fsp3) is 0.125. The number of nitrogens with one attached hydrogen (secondary N) is 2. The lowest BCUT2D eigenvalue weighted by molar-refractivity contribution is 1.08. The molecule has 72 valence electrons. The van der Waals surface area contributed by atoms with E-state index in [-0.39, 0.29) is 5.56 Å². The first kappa shape index (κ1) is 8.64. The van der Waals surface area contributed by atoms with E-state index >= 15 is 0 Å². The van der Waals surface area contributed by atoms with E-state index < -0.39 is 0 Å². The Morgan fingerprint density at radius 1 is 1.57 bits per heavy atom. The summed E-state index contributed by atoms with van der Waals surface area (Å²) in [5.41, 5.74) is 6.13. The van der Waals surface area contributed by atoms with Crippen LogP contribution in [0.25, 0.3) is 17.1 Å². The predicted octanol–water partition coefficient (Wildman–Crippen LogP) is -0.382. The summed E-state index contributed by atoms with van der Waals surface area (Å²) in [7, 11) is 0. The standard InChI is InChI=1S/C8H9N5O/c9-3-1-2-5-6-7(13-12-5)10-4-11-8(6)14/h1-2,4H,3,9H2,(H2,10,11,12,13,14). The quantitative estimate of drug-likeness (QED) is 0.602. The SMILES string of the molecule is NCC=Cc1[nH]nc2nc[nH]c(=O)c12. The second kappa shape index (κ2) is 3.43. The summed E-state index contributed by atoms with van der Waals surface area (Å²) in [6.07, 6.45) is 4.77. The van der Waals surface area contributed by atoms with Gasteiger partial charge >= 0.3 is 0 Å². The average Bonchev–Trinajstić information content (AvgIpc) is 2.59. The van der Waals surface area contributed by atoms with Crippen molar-refractivity contribution in [1.82, 2.24) is 20.2 Å². The molecule has 6 nitrogen and oxygen atoms in total. The third kappa shape index (κ3) is 1.31. The lowest BCUT2D eigenvalue weighted by Gasteiger charge is -1.87. The summed E-state index contributed by atoms with van der Waals surface area (Å²) in [4.78, 5) is 17.8. The number of hydrogen-bond acceptors (Lipinski definition) is 4. The summed E-state index contributed by atoms with van der Waals surface area (Å²) in [6, 6.07) is 0. The van der Waals surface area contributed by atoms with Gasteiger partial charge in [0.05, 0.1) is 12.0 Å². The molecule has 0 atom stereocenters. The van der Waals surface area contributed by atoms with Crippen LogP contribution in [0, 0.1) is 0 Å². The van der Waals surface area contributed by atoms with E-state index in [4.69, 9.17) is 5.73 Å². The van der Waals surface area contributed by atoms with Crippen LogP contribution in [-0.2, 0) is 0 Å². The van der Waals surface area contributed by atoms with E-state index in [1.807, 2.05) is 0 Å². The molecule has 0 amide bonds. The fourth-order valence-electron chi connectivity index (χ4n) is 1.19. The van der Waals surface area contributed by atoms with Crippen molar-refractivity contribution >= 4 is 17.1 Å². The molecule has 0 spiro atoms. The number of aromatic nitrogens is 4. The highest BCUT2D eigenvalue weighted by molar-refractivity contribution is 5.82. The highest BCUT2D eigenvalue weighted by Gasteiger charge is 2.06. The molecule has 0 unspecified atom stereocenters. The smallest absolute Gasteiger partial charge is 0.262 e. The largest absolute Gasteiger partial charge is 0.327 e. The number of hydrogen-bond donors (Lipinski definition) is 3. The van der Waals surface area contributed by atoms with Crippen LogP contribution in [0.1, 0.15) is 5.69 Å². The van der Waals surface area contributed by atoms with Gasteiger partial charge in [-0.15, -0.1) is 0 Å². The third-order valence-electron chi connectivity index (χ3n) is 1.81. The van der Waals surface area contributed by atoms with Gasteiger partial charge in [-0.05, 0) is 6.08 Å². The maximum absolute atomic E-state index is 11.4. The van der Waals surface area contributed by atoms with Crippen molar-refractivity contribution in [3.8, 4) is 0 Å². The lowest BCUT2D eigenvalue weighted by atomic mass is 10.3. The number of nitrogens with zero attached hydrogens (tertiary/aromatic N) is 2. The molecule has 4 N–H and O–H groups in total. The molecule has 0 aromatic carbocycles. The van der Waals surface area contributed by atoms with Crippen molar-refractivity contribution in [2.24, 2.45) is 5.73 Å². The number of nitrogens with two attached hydrogens (primary N) is 1. The lowest BCUT2D eigenvalue weighted by Crippen LogP contribution is -2.05. The molecule has 2 rings (SSSR count). The van der Waals surface area contributed by atoms with Crippen molar-refractivity contribution in [3.63, 3.8) is 0 Å². The molecule has 0 aliphatic heterocycles. The molecule has 2 heterocycles. The van der Waals surface area contributed by atoms with Crippen LogP contribution in [0.4, 0.5) is 0 Å². The first-order valence-corrected chi connectivity index (χ1v) is 4.11. The first-order valence-electron chi connectivity index (χ1n) is 4.11. The Balaban J connectivity index is 2.67. The van der Waals surface area contributed by atoms with E-state index in [1.54, 1.807) is 12.2 Å². The Labute approximate surface area is 78.9 Å². The van der Waals surface area contributed by atoms with Gasteiger partial charge in [-0.1, -0.05) is 6.08 Å². The van der Waals surface area contributed by atoms with Crippen molar-refractivity contribution < 1.29 is 0 Å². The van der Waals surface area contributed by atoms with Gasteiger partial charge in [0, 0.05) is 6.54 Å². The average molecular weight is 191 g/mol. The maximum Gasteiger partial charge on any atom is 0.262 e. The van der Waals surface area contributed by atoms with Crippen molar-refractivity contribution in [1.29, 1.82) is 0 Å². The topological polar surface area (TPSA) is 100 Å². The van der Waals surface area contributed by atoms with Gasteiger partial charge in [-0.2, -0.15) is 5.10 Å². The van der Waals surface area contributed by atoms with Crippen LogP contribution in [0.2, 0.25) is 0 Å². The van der Waals surface area contributed by atoms with Crippen molar-refractivity contribution in [3.05, 3.63) is 28.5 Å². The van der Waals surface area contributed by atoms with E-state index in [1.165, 1.54) is 6.33 Å². The van der Waals surface area contributed by atoms with Gasteiger partial charge in [0.15, 0.2) is 5.65 Å². The molecule has 0 aliphatic carbocycles. The summed E-state index contributed by atoms with van der Waals surface area (Å²) in [5, 5.41) is 7.05. The van der Waals surface area contributed by atoms with Crippen LogP contribution in [-0.4, -0.2) is 26.7 Å². The molecule has 14 heavy (non-hydrogen) atoms. The minimum absolute atomic E-state index is 0.208. The van der Waals surface area contributed by atoms with Crippen LogP contribution < -0.4 is 11.3 Å². The monoisotopic (exact) mass is 191 g/mol. The second-order valence-corrected chi connectivity index (χ2v) is 2.71. The van der Waals surface area contributed by atoms with Gasteiger partial charge in [-0.3, -0.25) is 9.89 Å². The van der Waals surface area contributed by atoms with Crippen molar-refractivity contribution in [2.45, 2.75) is 0 Å². The molecule has 0 aliphatic rings. The zero-order valence-electron chi connectivity index (χ0n) is 7.32. The first-order chi connectivity index (χ1) is 6.83. The normalized spacial score (nSPS) is 11.5. The zero-order valence-corrected chi connectivity index (χ0v) is 7.32. The Kier molecular flexibility index (Phi) is 2.11. The van der Waals surface area contributed by atoms with Crippen molar-refractivity contribution in [2.75, 3.05) is 6.54 Å². The minimum Gasteiger partial charge on any atom is -0.327 e. The van der Waals surface area contributed by atoms with Crippen LogP contribution in [0.5, 0.6) is 0 Å². The summed E-state index contributed by atoms with van der Waals surface area (Å²) in [5.74, 6) is 0. The summed E-state index contributed by atoms with van der Waals surface area (Å²) < 4.78 is 0. The fourth-order valence-corrected chi connectivity index (χ4v) is 1.19. The number of fused-ring (bicyclic) bond motifs is 1. The molecule has 0 saturated carbocycles. The predicted molar refractivity (Wildman–Crippen MR) is 52.6 cm³/mol. The molecule has 0 bridgehead atoms. The molecule has 0 radical (unpaired) electrons. The Morgan fingerprint density at radius 3 is 3.21 bits per heavy atom. The highest BCUT2D eigenvalue weighted by atomic mass is 16.1. The summed E-state index contributed by atoms with van der Waals surface area (Å²) in [6.45, 7) is 0.415. The molecule has 2 aromatic rings. The highest BCUT2D eigenvalue weighted by Crippen LogP contribution is 2.08. The minimum atomic E-state index is -0.208. The molecule has 0 fully saturated rings. The van der Waals surface area contributed by atoms with Gasteiger partial charge in [0.2, 0.25) is 0 Å². The Hall–Kier alpha value is -1.95. The second-order valence-electron chi connectivity index (χ2n) is 2.71. The number of aromatic amines is 2. The van der Waals surface area contributed by atoms with E-state index in [0.29, 0.717) is 23.3 Å². The molecular formula is C8H9N5O. The zero-order chi connectivity index (χ0) is 9.97. The van der Waals surface area contributed by atoms with Crippen LogP contribution >= 0.6 is 0 Å². The van der Waals surface area contributed by atoms with Gasteiger partial charge in [0.25, 0.3) is 5.56 Å². The molecule has 6 heteroatoms. The van der Waals surface area contributed by atoms with E-state index in [9.17, 15) is 4.79 Å². The Bertz CT molecular complexity index is 524. The molecule has 2 aromatic heterocycles. The number of H-pyrrole nitrogens is 2. The summed E-state index contributed by atoms with van der Waals surface area (Å²) >= 11 is 0. The van der Waals surface area contributed by atoms with Gasteiger partial charge < -0.3 is 10.7 Å². The maximum atomic E-state index is 11.4. The third-order valence-corrected chi connectivity index (χ3v) is 1.81. The van der Waals surface area contributed by atoms with E-state index in [2.05, 4.69) is 20.2 Å². The Morgan fingerprint density at radius 2 is 2.43 bits per heavy atom.